The highest BCUT2D eigenvalue weighted by Gasteiger charge is 2.38. The summed E-state index contributed by atoms with van der Waals surface area (Å²) in [5, 5.41) is 29.3. The van der Waals surface area contributed by atoms with Crippen LogP contribution in [-0.4, -0.2) is 45.2 Å². The van der Waals surface area contributed by atoms with E-state index in [0.717, 1.165) is 16.7 Å². The molecule has 0 spiro atoms. The minimum Gasteiger partial charge on any atom is -0.475 e. The number of carbonyl (C=O) groups is 2. The van der Waals surface area contributed by atoms with Gasteiger partial charge in [0.05, 0.1) is 12.2 Å². The number of aromatic nitrogens is 2. The third kappa shape index (κ3) is 8.47. The van der Waals surface area contributed by atoms with Gasteiger partial charge in [-0.05, 0) is 41.8 Å². The Morgan fingerprint density at radius 1 is 1.12 bits per heavy atom. The highest BCUT2D eigenvalue weighted by molar-refractivity contribution is 6.30. The molecule has 1 unspecified atom stereocenters. The van der Waals surface area contributed by atoms with Gasteiger partial charge in [-0.2, -0.15) is 18.3 Å². The summed E-state index contributed by atoms with van der Waals surface area (Å²) in [6.45, 7) is -0.0448. The number of aliphatic carboxylic acids is 1. The number of amides is 2. The van der Waals surface area contributed by atoms with Crippen molar-refractivity contribution in [3.8, 4) is 11.1 Å². The molecule has 2 amide bonds. The SMILES string of the molecule is O=C(Nc1ccc(-c2cn[nH]c2)cc1)NC(CCO)c1cccc(Cl)c1.O=C(O)C(F)(F)F. The minimum absolute atomic E-state index is 0.0448. The Bertz CT molecular complexity index is 1040. The van der Waals surface area contributed by atoms with Crippen LogP contribution in [0.2, 0.25) is 5.02 Å². The summed E-state index contributed by atoms with van der Waals surface area (Å²) in [5.41, 5.74) is 3.49. The first-order valence-electron chi connectivity index (χ1n) is 9.43. The lowest BCUT2D eigenvalue weighted by molar-refractivity contribution is -0.192. The number of aliphatic hydroxyl groups excluding tert-OH is 1. The fourth-order valence-electron chi connectivity index (χ4n) is 2.65. The normalized spacial score (nSPS) is 11.7. The number of nitrogens with one attached hydrogen (secondary N) is 3. The number of halogens is 4. The zero-order valence-corrected chi connectivity index (χ0v) is 17.7. The molecule has 0 saturated carbocycles. The number of carbonyl (C=O) groups excluding carboxylic acids is 1. The molecule has 0 aliphatic heterocycles. The predicted molar refractivity (Wildman–Crippen MR) is 116 cm³/mol. The Kier molecular flexibility index (Phi) is 9.25. The summed E-state index contributed by atoms with van der Waals surface area (Å²) in [5.74, 6) is -2.76. The van der Waals surface area contributed by atoms with Gasteiger partial charge < -0.3 is 20.8 Å². The molecule has 0 bridgehead atoms. The molecule has 0 aliphatic carbocycles. The number of carboxylic acids is 1. The molecule has 1 atom stereocenters. The van der Waals surface area contributed by atoms with Crippen molar-refractivity contribution >= 4 is 29.3 Å². The van der Waals surface area contributed by atoms with E-state index in [1.54, 1.807) is 24.5 Å². The Morgan fingerprint density at radius 2 is 1.79 bits per heavy atom. The number of nitrogens with zero attached hydrogens (tertiary/aromatic N) is 1. The van der Waals surface area contributed by atoms with Crippen LogP contribution in [0.4, 0.5) is 23.7 Å². The molecule has 1 heterocycles. The fraction of sp³-hybridized carbons (Fsp3) is 0.190. The van der Waals surface area contributed by atoms with E-state index in [1.807, 2.05) is 36.4 Å². The third-order valence-corrected chi connectivity index (χ3v) is 4.43. The number of hydrogen-bond acceptors (Lipinski definition) is 4. The maximum absolute atomic E-state index is 12.3. The van der Waals surface area contributed by atoms with Crippen LogP contribution >= 0.6 is 11.6 Å². The lowest BCUT2D eigenvalue weighted by Gasteiger charge is -2.19. The van der Waals surface area contributed by atoms with Crippen molar-refractivity contribution in [3.05, 3.63) is 71.5 Å². The molecule has 0 radical (unpaired) electrons. The topological polar surface area (TPSA) is 127 Å². The van der Waals surface area contributed by atoms with Crippen LogP contribution in [-0.2, 0) is 4.79 Å². The lowest BCUT2D eigenvalue weighted by atomic mass is 10.0. The van der Waals surface area contributed by atoms with Crippen molar-refractivity contribution in [2.24, 2.45) is 0 Å². The second-order valence-corrected chi connectivity index (χ2v) is 7.02. The van der Waals surface area contributed by atoms with Gasteiger partial charge in [-0.3, -0.25) is 5.10 Å². The maximum atomic E-state index is 12.3. The first-order chi connectivity index (χ1) is 15.6. The standard InChI is InChI=1S/C19H19ClN4O2.C2HF3O2/c20-16-3-1-2-14(10-16)18(8-9-25)24-19(26)23-17-6-4-13(5-7-17)15-11-21-22-12-15;3-2(4,5)1(6)7/h1-7,10-12,18,25H,8-9H2,(H,21,22)(H2,23,24,26);(H,6,7). The van der Waals surface area contributed by atoms with Crippen LogP contribution < -0.4 is 10.6 Å². The molecule has 5 N–H and O–H groups in total. The average Bonchev–Trinajstić information content (AvgIpc) is 3.29. The van der Waals surface area contributed by atoms with Crippen LogP contribution in [0.5, 0.6) is 0 Å². The van der Waals surface area contributed by atoms with Crippen LogP contribution in [0, 0.1) is 0 Å². The molecule has 1 aromatic heterocycles. The van der Waals surface area contributed by atoms with E-state index in [-0.39, 0.29) is 18.7 Å². The van der Waals surface area contributed by atoms with Gasteiger partial charge in [0.15, 0.2) is 0 Å². The first kappa shape index (κ1) is 25.7. The number of rotatable bonds is 6. The van der Waals surface area contributed by atoms with Crippen LogP contribution in [0.25, 0.3) is 11.1 Å². The number of carboxylic acid groups (broad SMARTS) is 1. The average molecular weight is 485 g/mol. The molecule has 0 aliphatic rings. The van der Waals surface area contributed by atoms with Crippen LogP contribution in [0.1, 0.15) is 18.0 Å². The van der Waals surface area contributed by atoms with Crippen molar-refractivity contribution in [1.29, 1.82) is 0 Å². The van der Waals surface area contributed by atoms with E-state index in [4.69, 9.17) is 21.5 Å². The fourth-order valence-corrected chi connectivity index (χ4v) is 2.85. The molecule has 8 nitrogen and oxygen atoms in total. The largest absolute Gasteiger partial charge is 0.490 e. The number of aliphatic hydroxyl groups is 1. The smallest absolute Gasteiger partial charge is 0.475 e. The highest BCUT2D eigenvalue weighted by atomic mass is 35.5. The van der Waals surface area contributed by atoms with Crippen molar-refractivity contribution in [1.82, 2.24) is 15.5 Å². The number of aromatic amines is 1. The van der Waals surface area contributed by atoms with Crippen molar-refractivity contribution in [2.45, 2.75) is 18.6 Å². The lowest BCUT2D eigenvalue weighted by Crippen LogP contribution is -2.33. The van der Waals surface area contributed by atoms with Crippen molar-refractivity contribution < 1.29 is 33.0 Å². The number of benzene rings is 2. The number of H-pyrrole nitrogens is 1. The van der Waals surface area contributed by atoms with Gasteiger partial charge in [-0.1, -0.05) is 35.9 Å². The molecular weight excluding hydrogens is 465 g/mol. The van der Waals surface area contributed by atoms with Gasteiger partial charge in [0.25, 0.3) is 0 Å². The highest BCUT2D eigenvalue weighted by Crippen LogP contribution is 2.22. The van der Waals surface area contributed by atoms with Gasteiger partial charge >= 0.3 is 18.2 Å². The predicted octanol–water partition coefficient (Wildman–Crippen LogP) is 4.61. The summed E-state index contributed by atoms with van der Waals surface area (Å²) in [6, 6.07) is 14.0. The maximum Gasteiger partial charge on any atom is 0.490 e. The molecule has 176 valence electrons. The van der Waals surface area contributed by atoms with E-state index in [2.05, 4.69) is 20.8 Å². The van der Waals surface area contributed by atoms with Crippen molar-refractivity contribution in [3.63, 3.8) is 0 Å². The van der Waals surface area contributed by atoms with Crippen molar-refractivity contribution in [2.75, 3.05) is 11.9 Å². The Hall–Kier alpha value is -3.57. The quantitative estimate of drug-likeness (QED) is 0.349. The van der Waals surface area contributed by atoms with E-state index >= 15 is 0 Å². The molecule has 0 saturated heterocycles. The summed E-state index contributed by atoms with van der Waals surface area (Å²) in [6.07, 6.45) is -1.15. The number of hydrogen-bond donors (Lipinski definition) is 5. The molecule has 33 heavy (non-hydrogen) atoms. The summed E-state index contributed by atoms with van der Waals surface area (Å²) >= 11 is 6.01. The zero-order chi connectivity index (χ0) is 24.4. The molecule has 3 aromatic rings. The Morgan fingerprint density at radius 3 is 2.30 bits per heavy atom. The molecule has 2 aromatic carbocycles. The number of anilines is 1. The van der Waals surface area contributed by atoms with Gasteiger partial charge in [0.2, 0.25) is 0 Å². The zero-order valence-electron chi connectivity index (χ0n) is 16.9. The third-order valence-electron chi connectivity index (χ3n) is 4.19. The molecule has 3 rings (SSSR count). The van der Waals surface area contributed by atoms with E-state index in [9.17, 15) is 23.1 Å². The summed E-state index contributed by atoms with van der Waals surface area (Å²) < 4.78 is 31.7. The van der Waals surface area contributed by atoms with E-state index in [1.165, 1.54) is 0 Å². The van der Waals surface area contributed by atoms with Gasteiger partial charge in [-0.25, -0.2) is 9.59 Å². The number of urea groups is 1. The first-order valence-corrected chi connectivity index (χ1v) is 9.81. The Balaban J connectivity index is 0.000000479. The second kappa shape index (κ2) is 11.9. The van der Waals surface area contributed by atoms with Gasteiger partial charge in [-0.15, -0.1) is 0 Å². The van der Waals surface area contributed by atoms with E-state index in [0.29, 0.717) is 17.1 Å². The molecule has 12 heteroatoms. The monoisotopic (exact) mass is 484 g/mol. The molecular formula is C21H20ClF3N4O4. The minimum atomic E-state index is -5.08. The number of alkyl halides is 3. The van der Waals surface area contributed by atoms with Gasteiger partial charge in [0.1, 0.15) is 0 Å². The van der Waals surface area contributed by atoms with E-state index < -0.39 is 12.1 Å². The van der Waals surface area contributed by atoms with Crippen LogP contribution in [0.15, 0.2) is 60.9 Å². The van der Waals surface area contributed by atoms with Gasteiger partial charge in [0, 0.05) is 29.1 Å². The van der Waals surface area contributed by atoms with Crippen LogP contribution in [0.3, 0.4) is 0 Å². The summed E-state index contributed by atoms with van der Waals surface area (Å²) in [4.78, 5) is 21.2. The summed E-state index contributed by atoms with van der Waals surface area (Å²) in [7, 11) is 0. The second-order valence-electron chi connectivity index (χ2n) is 6.59. The Labute approximate surface area is 191 Å². The molecule has 0 fully saturated rings.